The number of nitrogens with one attached hydrogen (secondary N) is 1. The third-order valence-electron chi connectivity index (χ3n) is 5.39. The number of rotatable bonds is 5. The highest BCUT2D eigenvalue weighted by Crippen LogP contribution is 2.30. The Morgan fingerprint density at radius 2 is 1.96 bits per heavy atom. The molecule has 5 nitrogen and oxygen atoms in total. The number of likely N-dealkylation sites (tertiary alicyclic amines) is 1. The lowest BCUT2D eigenvalue weighted by molar-refractivity contribution is 0.0951. The highest BCUT2D eigenvalue weighted by molar-refractivity contribution is 7.21. The minimum Gasteiger partial charge on any atom is -0.422 e. The van der Waals surface area contributed by atoms with Gasteiger partial charge in [0.1, 0.15) is 5.58 Å². The van der Waals surface area contributed by atoms with E-state index in [0.717, 1.165) is 48.0 Å². The second-order valence-corrected chi connectivity index (χ2v) is 9.11. The van der Waals surface area contributed by atoms with Crippen LogP contribution >= 0.6 is 11.3 Å². The summed E-state index contributed by atoms with van der Waals surface area (Å²) in [6, 6.07) is 9.09. The Balaban J connectivity index is 1.40. The maximum atomic E-state index is 12.6. The SMILES string of the molecule is CC1CC(C)CN(CCCNC(=O)c2cc3c(=O)oc4ccccc4c3s2)C1. The van der Waals surface area contributed by atoms with Crippen LogP contribution in [0.5, 0.6) is 0 Å². The van der Waals surface area contributed by atoms with Crippen LogP contribution in [-0.2, 0) is 0 Å². The van der Waals surface area contributed by atoms with Crippen LogP contribution < -0.4 is 10.9 Å². The van der Waals surface area contributed by atoms with Gasteiger partial charge < -0.3 is 14.6 Å². The molecule has 28 heavy (non-hydrogen) atoms. The van der Waals surface area contributed by atoms with E-state index in [4.69, 9.17) is 4.42 Å². The second kappa shape index (κ2) is 8.05. The largest absolute Gasteiger partial charge is 0.422 e. The van der Waals surface area contributed by atoms with Crippen LogP contribution in [-0.4, -0.2) is 37.0 Å². The van der Waals surface area contributed by atoms with Gasteiger partial charge in [0, 0.05) is 25.0 Å². The van der Waals surface area contributed by atoms with Crippen LogP contribution in [0.25, 0.3) is 21.1 Å². The standard InChI is InChI=1S/C22H26N2O3S/c1-14-10-15(2)13-24(12-14)9-5-8-23-21(25)19-11-17-20(28-19)16-6-3-4-7-18(16)27-22(17)26/h3-4,6-7,11,14-15H,5,8-10,12-13H2,1-2H3,(H,23,25). The molecule has 3 heterocycles. The number of hydrogen-bond acceptors (Lipinski definition) is 5. The quantitative estimate of drug-likeness (QED) is 0.519. The Hall–Kier alpha value is -2.18. The van der Waals surface area contributed by atoms with Crippen molar-refractivity contribution in [2.24, 2.45) is 11.8 Å². The van der Waals surface area contributed by atoms with E-state index in [1.54, 1.807) is 12.1 Å². The maximum Gasteiger partial charge on any atom is 0.345 e. The van der Waals surface area contributed by atoms with E-state index in [1.165, 1.54) is 17.8 Å². The topological polar surface area (TPSA) is 62.6 Å². The van der Waals surface area contributed by atoms with E-state index in [1.807, 2.05) is 18.2 Å². The lowest BCUT2D eigenvalue weighted by atomic mass is 9.92. The number of piperidine rings is 1. The number of thiophene rings is 1. The molecule has 1 aliphatic rings. The van der Waals surface area contributed by atoms with Crippen LogP contribution in [0.15, 0.2) is 39.5 Å². The molecule has 0 saturated carbocycles. The first kappa shape index (κ1) is 19.2. The van der Waals surface area contributed by atoms with E-state index in [9.17, 15) is 9.59 Å². The summed E-state index contributed by atoms with van der Waals surface area (Å²) in [5.41, 5.74) is 0.163. The summed E-state index contributed by atoms with van der Waals surface area (Å²) in [6.07, 6.45) is 2.24. The van der Waals surface area contributed by atoms with Crippen molar-refractivity contribution in [2.75, 3.05) is 26.2 Å². The molecule has 2 unspecified atom stereocenters. The molecule has 1 aromatic carbocycles. The molecule has 1 saturated heterocycles. The molecule has 1 fully saturated rings. The van der Waals surface area contributed by atoms with Crippen molar-refractivity contribution in [2.45, 2.75) is 26.7 Å². The van der Waals surface area contributed by atoms with Crippen molar-refractivity contribution in [3.63, 3.8) is 0 Å². The number of hydrogen-bond donors (Lipinski definition) is 1. The molecule has 2 aromatic heterocycles. The summed E-state index contributed by atoms with van der Waals surface area (Å²) in [5, 5.41) is 4.35. The van der Waals surface area contributed by atoms with Gasteiger partial charge in [-0.25, -0.2) is 4.79 Å². The second-order valence-electron chi connectivity index (χ2n) is 8.05. The third kappa shape index (κ3) is 3.98. The molecule has 0 bridgehead atoms. The number of carbonyl (C=O) groups excluding carboxylic acids is 1. The molecule has 3 aromatic rings. The molecule has 1 amide bonds. The highest BCUT2D eigenvalue weighted by atomic mass is 32.1. The molecule has 0 spiro atoms. The molecule has 0 aliphatic carbocycles. The summed E-state index contributed by atoms with van der Waals surface area (Å²) >= 11 is 1.35. The molecule has 148 valence electrons. The van der Waals surface area contributed by atoms with Crippen LogP contribution in [0.4, 0.5) is 0 Å². The van der Waals surface area contributed by atoms with E-state index in [2.05, 4.69) is 24.1 Å². The van der Waals surface area contributed by atoms with Gasteiger partial charge in [0.2, 0.25) is 0 Å². The molecule has 2 atom stereocenters. The van der Waals surface area contributed by atoms with Crippen molar-refractivity contribution in [3.05, 3.63) is 45.6 Å². The van der Waals surface area contributed by atoms with Gasteiger partial charge in [0.25, 0.3) is 5.91 Å². The zero-order valence-corrected chi connectivity index (χ0v) is 17.2. The fourth-order valence-corrected chi connectivity index (χ4v) is 5.41. The lowest BCUT2D eigenvalue weighted by Crippen LogP contribution is -2.40. The summed E-state index contributed by atoms with van der Waals surface area (Å²) in [6.45, 7) is 8.57. The fourth-order valence-electron chi connectivity index (χ4n) is 4.32. The summed E-state index contributed by atoms with van der Waals surface area (Å²) in [4.78, 5) is 27.8. The number of amides is 1. The number of carbonyl (C=O) groups is 1. The predicted octanol–water partition coefficient (Wildman–Crippen LogP) is 4.11. The van der Waals surface area contributed by atoms with Crippen molar-refractivity contribution in [1.29, 1.82) is 0 Å². The first-order chi connectivity index (χ1) is 13.5. The number of fused-ring (bicyclic) bond motifs is 3. The predicted molar refractivity (Wildman–Crippen MR) is 114 cm³/mol. The molecule has 4 rings (SSSR count). The van der Waals surface area contributed by atoms with Gasteiger partial charge in [-0.05, 0) is 49.4 Å². The fraction of sp³-hybridized carbons (Fsp3) is 0.455. The average molecular weight is 399 g/mol. The van der Waals surface area contributed by atoms with Gasteiger partial charge in [-0.3, -0.25) is 4.79 Å². The van der Waals surface area contributed by atoms with Crippen LogP contribution in [0, 0.1) is 11.8 Å². The molecule has 6 heteroatoms. The van der Waals surface area contributed by atoms with Gasteiger partial charge in [0.15, 0.2) is 0 Å². The Morgan fingerprint density at radius 3 is 2.75 bits per heavy atom. The van der Waals surface area contributed by atoms with Gasteiger partial charge in [0.05, 0.1) is 15.0 Å². The average Bonchev–Trinajstić information content (AvgIpc) is 3.11. The minimum absolute atomic E-state index is 0.120. The molecule has 1 aliphatic heterocycles. The molecular weight excluding hydrogens is 372 g/mol. The Labute approximate surface area is 168 Å². The summed E-state index contributed by atoms with van der Waals surface area (Å²) in [5.74, 6) is 1.38. The number of nitrogens with zero attached hydrogens (tertiary/aromatic N) is 1. The Kier molecular flexibility index (Phi) is 5.51. The zero-order valence-electron chi connectivity index (χ0n) is 16.4. The van der Waals surface area contributed by atoms with Gasteiger partial charge in [-0.1, -0.05) is 26.0 Å². The van der Waals surface area contributed by atoms with Gasteiger partial charge in [-0.2, -0.15) is 0 Å². The molecule has 1 N–H and O–H groups in total. The normalized spacial score (nSPS) is 20.6. The van der Waals surface area contributed by atoms with Crippen molar-refractivity contribution in [3.8, 4) is 0 Å². The minimum atomic E-state index is -0.391. The van der Waals surface area contributed by atoms with Crippen LogP contribution in [0.3, 0.4) is 0 Å². The number of para-hydroxylation sites is 1. The van der Waals surface area contributed by atoms with E-state index < -0.39 is 5.63 Å². The smallest absolute Gasteiger partial charge is 0.345 e. The van der Waals surface area contributed by atoms with Crippen LogP contribution in [0.2, 0.25) is 0 Å². The van der Waals surface area contributed by atoms with Crippen molar-refractivity contribution in [1.82, 2.24) is 10.2 Å². The zero-order chi connectivity index (χ0) is 19.7. The Bertz CT molecular complexity index is 1040. The summed E-state index contributed by atoms with van der Waals surface area (Å²) < 4.78 is 6.18. The van der Waals surface area contributed by atoms with Crippen molar-refractivity contribution >= 4 is 38.3 Å². The lowest BCUT2D eigenvalue weighted by Gasteiger charge is -2.34. The highest BCUT2D eigenvalue weighted by Gasteiger charge is 2.21. The third-order valence-corrected chi connectivity index (χ3v) is 6.56. The van der Waals surface area contributed by atoms with Crippen molar-refractivity contribution < 1.29 is 9.21 Å². The van der Waals surface area contributed by atoms with E-state index in [0.29, 0.717) is 22.4 Å². The first-order valence-corrected chi connectivity index (χ1v) is 10.8. The first-order valence-electron chi connectivity index (χ1n) is 9.97. The maximum absolute atomic E-state index is 12.6. The summed E-state index contributed by atoms with van der Waals surface area (Å²) in [7, 11) is 0. The van der Waals surface area contributed by atoms with Gasteiger partial charge >= 0.3 is 5.63 Å². The monoisotopic (exact) mass is 398 g/mol. The van der Waals surface area contributed by atoms with E-state index in [-0.39, 0.29) is 5.91 Å². The van der Waals surface area contributed by atoms with Crippen LogP contribution in [0.1, 0.15) is 36.4 Å². The molecular formula is C22H26N2O3S. The molecule has 0 radical (unpaired) electrons. The van der Waals surface area contributed by atoms with E-state index >= 15 is 0 Å². The Morgan fingerprint density at radius 1 is 1.21 bits per heavy atom. The van der Waals surface area contributed by atoms with Gasteiger partial charge in [-0.15, -0.1) is 11.3 Å². The number of benzene rings is 1.